The van der Waals surface area contributed by atoms with Gasteiger partial charge in [-0.15, -0.1) is 13.2 Å². The lowest BCUT2D eigenvalue weighted by Gasteiger charge is -2.37. The fourth-order valence-corrected chi connectivity index (χ4v) is 7.35. The molecule has 0 aromatic heterocycles. The zero-order valence-corrected chi connectivity index (χ0v) is 24.3. The molecule has 2 amide bonds. The van der Waals surface area contributed by atoms with E-state index < -0.39 is 35.0 Å². The number of aryl methyl sites for hydroxylation is 1. The molecule has 218 valence electrons. The predicted octanol–water partition coefficient (Wildman–Crippen LogP) is 4.60. The smallest absolute Gasteiger partial charge is 0.312 e. The Morgan fingerprint density at radius 2 is 2.02 bits per heavy atom. The number of nitrogens with zero attached hydrogens (tertiary/aromatic N) is 2. The minimum Gasteiger partial charge on any atom is -0.465 e. The van der Waals surface area contributed by atoms with Crippen molar-refractivity contribution in [1.29, 1.82) is 0 Å². The van der Waals surface area contributed by atoms with E-state index in [2.05, 4.69) is 13.2 Å². The van der Waals surface area contributed by atoms with Crippen molar-refractivity contribution in [3.63, 3.8) is 0 Å². The summed E-state index contributed by atoms with van der Waals surface area (Å²) in [5, 5.41) is 10.0. The van der Waals surface area contributed by atoms with Crippen LogP contribution in [-0.2, 0) is 23.9 Å². The zero-order chi connectivity index (χ0) is 29.1. The Kier molecular flexibility index (Phi) is 9.43. The van der Waals surface area contributed by atoms with Crippen LogP contribution in [0.1, 0.15) is 57.4 Å². The third-order valence-electron chi connectivity index (χ3n) is 8.81. The molecule has 0 saturated carbocycles. The largest absolute Gasteiger partial charge is 0.465 e. The SMILES string of the molecule is C=CCCCCOC(=O)[C@@H]1[C@H]2C(=O)N(CCCO)C(C(=O)N(CC=C)c3c(C)cccc3Cl)C23CC[C@@]1(CC)O3. The molecule has 8 nitrogen and oxygen atoms in total. The molecule has 3 saturated heterocycles. The number of aliphatic hydroxyl groups is 1. The number of esters is 1. The van der Waals surface area contributed by atoms with Crippen molar-refractivity contribution in [2.75, 3.05) is 31.2 Å². The predicted molar refractivity (Wildman–Crippen MR) is 154 cm³/mol. The molecule has 1 spiro atoms. The molecular formula is C31H41ClN2O6. The molecule has 1 aromatic rings. The minimum absolute atomic E-state index is 0.141. The van der Waals surface area contributed by atoms with E-state index in [1.807, 2.05) is 32.1 Å². The van der Waals surface area contributed by atoms with E-state index in [1.54, 1.807) is 17.0 Å². The second-order valence-electron chi connectivity index (χ2n) is 11.0. The number of rotatable bonds is 14. The Morgan fingerprint density at radius 1 is 1.25 bits per heavy atom. The fraction of sp³-hybridized carbons (Fsp3) is 0.581. The van der Waals surface area contributed by atoms with Crippen molar-refractivity contribution in [2.45, 2.75) is 76.0 Å². The average molecular weight is 573 g/mol. The molecule has 3 aliphatic heterocycles. The number of halogens is 1. The Hall–Kier alpha value is -2.68. The number of anilines is 1. The lowest BCUT2D eigenvalue weighted by atomic mass is 9.65. The number of likely N-dealkylation sites (tertiary alicyclic amines) is 1. The molecule has 1 aromatic carbocycles. The van der Waals surface area contributed by atoms with Gasteiger partial charge in [0.15, 0.2) is 0 Å². The highest BCUT2D eigenvalue weighted by atomic mass is 35.5. The number of benzene rings is 1. The first-order chi connectivity index (χ1) is 19.2. The number of unbranched alkanes of at least 4 members (excludes halogenated alkanes) is 2. The van der Waals surface area contributed by atoms with E-state index in [0.717, 1.165) is 18.4 Å². The summed E-state index contributed by atoms with van der Waals surface area (Å²) in [4.78, 5) is 45.4. The van der Waals surface area contributed by atoms with Gasteiger partial charge in [0.2, 0.25) is 5.91 Å². The van der Waals surface area contributed by atoms with Crippen LogP contribution in [0.3, 0.4) is 0 Å². The maximum atomic E-state index is 14.6. The summed E-state index contributed by atoms with van der Waals surface area (Å²) in [6, 6.07) is 4.44. The van der Waals surface area contributed by atoms with Crippen molar-refractivity contribution < 1.29 is 29.0 Å². The topological polar surface area (TPSA) is 96.4 Å². The van der Waals surface area contributed by atoms with Gasteiger partial charge in [0.1, 0.15) is 17.6 Å². The van der Waals surface area contributed by atoms with Crippen LogP contribution in [0.4, 0.5) is 5.69 Å². The number of allylic oxidation sites excluding steroid dienone is 1. The molecule has 5 atom stereocenters. The van der Waals surface area contributed by atoms with E-state index in [1.165, 1.54) is 4.90 Å². The van der Waals surface area contributed by atoms with Crippen LogP contribution in [0.25, 0.3) is 0 Å². The van der Waals surface area contributed by atoms with Crippen molar-refractivity contribution in [2.24, 2.45) is 11.8 Å². The highest BCUT2D eigenvalue weighted by Crippen LogP contribution is 2.64. The van der Waals surface area contributed by atoms with Gasteiger partial charge in [0.05, 0.1) is 28.8 Å². The van der Waals surface area contributed by atoms with Crippen LogP contribution < -0.4 is 4.90 Å². The number of para-hydroxylation sites is 1. The molecular weight excluding hydrogens is 532 g/mol. The normalized spacial score (nSPS) is 28.4. The molecule has 9 heteroatoms. The zero-order valence-electron chi connectivity index (χ0n) is 23.6. The number of amides is 2. The number of aliphatic hydroxyl groups excluding tert-OH is 1. The summed E-state index contributed by atoms with van der Waals surface area (Å²) < 4.78 is 12.5. The number of fused-ring (bicyclic) bond motifs is 1. The Morgan fingerprint density at radius 3 is 2.67 bits per heavy atom. The molecule has 40 heavy (non-hydrogen) atoms. The summed E-state index contributed by atoms with van der Waals surface area (Å²) in [6.07, 6.45) is 7.68. The number of carbonyl (C=O) groups excluding carboxylic acids is 3. The van der Waals surface area contributed by atoms with Gasteiger partial charge in [0, 0.05) is 19.7 Å². The number of ether oxygens (including phenoxy) is 2. The molecule has 1 N–H and O–H groups in total. The lowest BCUT2D eigenvalue weighted by molar-refractivity contribution is -0.161. The fourth-order valence-electron chi connectivity index (χ4n) is 7.02. The quantitative estimate of drug-likeness (QED) is 0.199. The van der Waals surface area contributed by atoms with Crippen molar-refractivity contribution in [1.82, 2.24) is 4.90 Å². The van der Waals surface area contributed by atoms with Crippen molar-refractivity contribution in [3.05, 3.63) is 54.1 Å². The maximum absolute atomic E-state index is 14.6. The van der Waals surface area contributed by atoms with Gasteiger partial charge in [-0.05, 0) is 63.5 Å². The first-order valence-electron chi connectivity index (χ1n) is 14.3. The Balaban J connectivity index is 1.74. The molecule has 4 rings (SSSR count). The van der Waals surface area contributed by atoms with Crippen molar-refractivity contribution >= 4 is 35.1 Å². The third kappa shape index (κ3) is 4.99. The molecule has 2 unspecified atom stereocenters. The van der Waals surface area contributed by atoms with Crippen LogP contribution in [0, 0.1) is 18.8 Å². The summed E-state index contributed by atoms with van der Waals surface area (Å²) in [5.74, 6) is -2.73. The first kappa shape index (κ1) is 30.3. The van der Waals surface area contributed by atoms with Gasteiger partial charge in [-0.3, -0.25) is 14.4 Å². The molecule has 0 radical (unpaired) electrons. The Labute approximate surface area is 241 Å². The van der Waals surface area contributed by atoms with E-state index in [9.17, 15) is 19.5 Å². The first-order valence-corrected chi connectivity index (χ1v) is 14.7. The highest BCUT2D eigenvalue weighted by Gasteiger charge is 2.79. The van der Waals surface area contributed by atoms with Gasteiger partial charge in [-0.25, -0.2) is 0 Å². The van der Waals surface area contributed by atoms with Crippen LogP contribution in [0.2, 0.25) is 5.02 Å². The second-order valence-corrected chi connectivity index (χ2v) is 11.4. The standard InChI is InChI=1S/C31H41ClN2O6/c1-5-8-9-10-20-39-29(38)24-23-27(36)34(18-12-19-35)26(31(23)16-15-30(24,7-3)40-31)28(37)33(17-6-2)25-21(4)13-11-14-22(25)32/h5-6,11,13-14,23-24,26,35H,1-2,7-10,12,15-20H2,3-4H3/t23-,24-,26?,30+,31?/m0/s1. The summed E-state index contributed by atoms with van der Waals surface area (Å²) >= 11 is 6.60. The molecule has 3 fully saturated rings. The van der Waals surface area contributed by atoms with Gasteiger partial charge in [0.25, 0.3) is 5.91 Å². The van der Waals surface area contributed by atoms with Gasteiger partial charge in [-0.2, -0.15) is 0 Å². The average Bonchev–Trinajstić information content (AvgIpc) is 3.54. The van der Waals surface area contributed by atoms with Crippen LogP contribution in [-0.4, -0.2) is 71.3 Å². The van der Waals surface area contributed by atoms with Crippen LogP contribution >= 0.6 is 11.6 Å². The van der Waals surface area contributed by atoms with Gasteiger partial charge < -0.3 is 24.4 Å². The third-order valence-corrected chi connectivity index (χ3v) is 9.11. The monoisotopic (exact) mass is 572 g/mol. The van der Waals surface area contributed by atoms with E-state index >= 15 is 0 Å². The number of carbonyl (C=O) groups is 3. The second kappa shape index (κ2) is 12.5. The van der Waals surface area contributed by atoms with Crippen molar-refractivity contribution in [3.8, 4) is 0 Å². The maximum Gasteiger partial charge on any atom is 0.312 e. The summed E-state index contributed by atoms with van der Waals surface area (Å²) in [6.45, 7) is 11.9. The van der Waals surface area contributed by atoms with Gasteiger partial charge >= 0.3 is 5.97 Å². The van der Waals surface area contributed by atoms with E-state index in [0.29, 0.717) is 42.8 Å². The van der Waals surface area contributed by atoms with E-state index in [4.69, 9.17) is 21.1 Å². The minimum atomic E-state index is -1.18. The van der Waals surface area contributed by atoms with Gasteiger partial charge in [-0.1, -0.05) is 42.8 Å². The summed E-state index contributed by atoms with van der Waals surface area (Å²) in [5.41, 5.74) is -0.691. The molecule has 0 aliphatic carbocycles. The molecule has 3 aliphatic rings. The van der Waals surface area contributed by atoms with E-state index in [-0.39, 0.29) is 38.1 Å². The molecule has 2 bridgehead atoms. The van der Waals surface area contributed by atoms with Crippen LogP contribution in [0.15, 0.2) is 43.5 Å². The van der Waals surface area contributed by atoms with Crippen LogP contribution in [0.5, 0.6) is 0 Å². The summed E-state index contributed by atoms with van der Waals surface area (Å²) in [7, 11) is 0. The molecule has 3 heterocycles. The number of hydrogen-bond donors (Lipinski definition) is 1. The number of hydrogen-bond acceptors (Lipinski definition) is 6. The Bertz CT molecular complexity index is 1140. The highest BCUT2D eigenvalue weighted by molar-refractivity contribution is 6.34. The lowest BCUT2D eigenvalue weighted by Crippen LogP contribution is -2.56.